The van der Waals surface area contributed by atoms with Crippen molar-refractivity contribution < 1.29 is 24.0 Å². The van der Waals surface area contributed by atoms with E-state index in [2.05, 4.69) is 49.0 Å². The first-order valence-corrected chi connectivity index (χ1v) is 16.9. The third kappa shape index (κ3) is 5.50. The van der Waals surface area contributed by atoms with E-state index in [1.807, 2.05) is 20.8 Å². The third-order valence-electron chi connectivity index (χ3n) is 11.0. The van der Waals surface area contributed by atoms with E-state index in [0.717, 1.165) is 25.0 Å². The molecular weight excluding hydrogens is 554 g/mol. The van der Waals surface area contributed by atoms with Crippen LogP contribution in [0.15, 0.2) is 0 Å². The van der Waals surface area contributed by atoms with E-state index in [1.54, 1.807) is 0 Å². The second-order valence-corrected chi connectivity index (χ2v) is 17.4. The van der Waals surface area contributed by atoms with Crippen molar-refractivity contribution in [2.45, 2.75) is 122 Å². The zero-order valence-electron chi connectivity index (χ0n) is 26.5. The lowest BCUT2D eigenvalue weighted by atomic mass is 9.83. The zero-order valence-corrected chi connectivity index (χ0v) is 27.3. The molecule has 4 rings (SSSR count). The van der Waals surface area contributed by atoms with Gasteiger partial charge in [-0.3, -0.25) is 19.2 Å². The van der Waals surface area contributed by atoms with Crippen molar-refractivity contribution in [3.63, 3.8) is 0 Å². The van der Waals surface area contributed by atoms with Gasteiger partial charge in [0.1, 0.15) is 11.6 Å². The largest absolute Gasteiger partial charge is 0.363 e. The number of hydrogen-bond donors (Lipinski definition) is 4. The maximum atomic E-state index is 14.2. The molecule has 0 radical (unpaired) electrons. The summed E-state index contributed by atoms with van der Waals surface area (Å²) < 4.78 is 0.0932. The monoisotopic (exact) mass is 605 g/mol. The second-order valence-electron chi connectivity index (χ2n) is 14.5. The molecule has 5 N–H and O–H groups in total. The molecule has 0 aromatic carbocycles. The number of urea groups is 1. The van der Waals surface area contributed by atoms with Crippen LogP contribution in [0.2, 0.25) is 0 Å². The topological polar surface area (TPSA) is 151 Å². The minimum Gasteiger partial charge on any atom is -0.363 e. The molecule has 0 aromatic rings. The molecule has 5 amide bonds. The number of Topliss-reactive ketones (excluding diaryl/α,β-unsaturated/α-hetero) is 1. The number of carbonyl (C=O) groups is 5. The summed E-state index contributed by atoms with van der Waals surface area (Å²) in [4.78, 5) is 65.4. The Bertz CT molecular complexity index is 1190. The summed E-state index contributed by atoms with van der Waals surface area (Å²) in [5, 5.41) is 11.4. The normalized spacial score (nSPS) is 31.7. The molecule has 4 fully saturated rings. The smallest absolute Gasteiger partial charge is 0.316 e. The van der Waals surface area contributed by atoms with E-state index < -0.39 is 41.1 Å². The fourth-order valence-electron chi connectivity index (χ4n) is 7.87. The van der Waals surface area contributed by atoms with Gasteiger partial charge in [-0.05, 0) is 50.4 Å². The summed E-state index contributed by atoms with van der Waals surface area (Å²) in [6.07, 6.45) is 7.87. The van der Waals surface area contributed by atoms with Gasteiger partial charge in [0.15, 0.2) is 0 Å². The number of amides is 5. The van der Waals surface area contributed by atoms with Crippen LogP contribution in [0.5, 0.6) is 0 Å². The molecule has 3 saturated carbocycles. The Morgan fingerprint density at radius 1 is 1.02 bits per heavy atom. The van der Waals surface area contributed by atoms with Crippen molar-refractivity contribution in [3.05, 3.63) is 0 Å². The first-order valence-electron chi connectivity index (χ1n) is 15.5. The van der Waals surface area contributed by atoms with Gasteiger partial charge in [0.25, 0.3) is 5.91 Å². The van der Waals surface area contributed by atoms with Gasteiger partial charge in [0.2, 0.25) is 17.6 Å². The SMILES string of the molecule is C/C=S(/CC1(NC(=O)N[C@@]2(C(=O)N3CCC[C@H]3C(=O)NCC(=O)C(N)=O)C(C)C2(C)C)CC12CCCCC2)C(C)(C)C. The molecular formula is C31H51N5O5S. The van der Waals surface area contributed by atoms with Crippen molar-refractivity contribution in [1.82, 2.24) is 20.9 Å². The summed E-state index contributed by atoms with van der Waals surface area (Å²) in [7, 11) is 0.00102. The number of nitrogens with one attached hydrogen (secondary N) is 3. The Kier molecular flexibility index (Phi) is 8.70. The van der Waals surface area contributed by atoms with Gasteiger partial charge in [-0.15, -0.1) is 0 Å². The molecule has 3 unspecified atom stereocenters. The van der Waals surface area contributed by atoms with Gasteiger partial charge in [-0.1, -0.05) is 66.2 Å². The number of ketones is 1. The number of carbonyl (C=O) groups excluding carboxylic acids is 5. The Morgan fingerprint density at radius 3 is 2.17 bits per heavy atom. The molecule has 1 aliphatic heterocycles. The molecule has 1 spiro atoms. The molecule has 42 heavy (non-hydrogen) atoms. The van der Waals surface area contributed by atoms with E-state index in [4.69, 9.17) is 5.73 Å². The van der Waals surface area contributed by atoms with Crippen LogP contribution in [0.4, 0.5) is 4.79 Å². The highest BCUT2D eigenvalue weighted by Gasteiger charge is 2.76. The van der Waals surface area contributed by atoms with E-state index in [1.165, 1.54) is 24.2 Å². The van der Waals surface area contributed by atoms with Crippen molar-refractivity contribution in [3.8, 4) is 0 Å². The van der Waals surface area contributed by atoms with Gasteiger partial charge >= 0.3 is 6.03 Å². The van der Waals surface area contributed by atoms with Crippen molar-refractivity contribution in [2.75, 3.05) is 18.8 Å². The third-order valence-corrected chi connectivity index (χ3v) is 13.9. The minimum atomic E-state index is -1.15. The molecule has 0 bridgehead atoms. The Hall–Kier alpha value is -2.43. The molecule has 236 valence electrons. The lowest BCUT2D eigenvalue weighted by Gasteiger charge is -2.36. The van der Waals surface area contributed by atoms with E-state index in [9.17, 15) is 24.0 Å². The van der Waals surface area contributed by atoms with Crippen LogP contribution in [0.25, 0.3) is 0 Å². The molecule has 3 aliphatic carbocycles. The van der Waals surface area contributed by atoms with Crippen molar-refractivity contribution in [2.24, 2.45) is 22.5 Å². The fraction of sp³-hybridized carbons (Fsp3) is 0.806. The van der Waals surface area contributed by atoms with Crippen LogP contribution >= 0.6 is 10.5 Å². The highest BCUT2D eigenvalue weighted by Crippen LogP contribution is 2.67. The Morgan fingerprint density at radius 2 is 1.64 bits per heavy atom. The fourth-order valence-corrected chi connectivity index (χ4v) is 10.2. The predicted molar refractivity (Wildman–Crippen MR) is 166 cm³/mol. The summed E-state index contributed by atoms with van der Waals surface area (Å²) in [6, 6.07) is -1.10. The highest BCUT2D eigenvalue weighted by atomic mass is 32.2. The van der Waals surface area contributed by atoms with Gasteiger partial charge in [0.05, 0.1) is 12.1 Å². The number of primary amides is 1. The molecule has 4 aliphatic rings. The van der Waals surface area contributed by atoms with Gasteiger partial charge in [-0.2, -0.15) is 10.5 Å². The Balaban J connectivity index is 1.53. The predicted octanol–water partition coefficient (Wildman–Crippen LogP) is 2.84. The molecule has 10 nitrogen and oxygen atoms in total. The number of likely N-dealkylation sites (tertiary alicyclic amines) is 1. The van der Waals surface area contributed by atoms with Crippen LogP contribution in [0, 0.1) is 16.7 Å². The summed E-state index contributed by atoms with van der Waals surface area (Å²) in [5.41, 5.74) is 3.16. The lowest BCUT2D eigenvalue weighted by molar-refractivity contribution is -0.142. The van der Waals surface area contributed by atoms with E-state index in [0.29, 0.717) is 19.4 Å². The molecule has 0 aromatic heterocycles. The zero-order chi connectivity index (χ0) is 31.3. The minimum absolute atomic E-state index is 0.00102. The van der Waals surface area contributed by atoms with Gasteiger partial charge < -0.3 is 26.6 Å². The number of hydrogen-bond acceptors (Lipinski definition) is 5. The van der Waals surface area contributed by atoms with E-state index >= 15 is 0 Å². The molecule has 11 heteroatoms. The first-order chi connectivity index (χ1) is 19.5. The number of rotatable bonds is 9. The summed E-state index contributed by atoms with van der Waals surface area (Å²) in [5.74, 6) is -2.03. The standard InChI is InChI=1S/C31H51N5O5S/c1-8-42(27(3,4)5)19-30(18-29(30)14-10-9-11-15-29)34-26(41)35-31(20(2)28(31,6)7)25(40)36-16-12-13-21(36)24(39)33-17-22(37)23(32)38/h8,20-21H,9-19H2,1-7H3,(H2,32,38)(H,33,39)(H2,34,35,41)/t20?,21-,30?,31+,42?/m0/s1. The van der Waals surface area contributed by atoms with Crippen LogP contribution in [0.1, 0.15) is 99.8 Å². The average Bonchev–Trinajstić information content (AvgIpc) is 3.44. The lowest BCUT2D eigenvalue weighted by Crippen LogP contribution is -2.61. The summed E-state index contributed by atoms with van der Waals surface area (Å²) >= 11 is 0. The Labute approximate surface area is 253 Å². The molecule has 1 heterocycles. The van der Waals surface area contributed by atoms with Crippen LogP contribution in [-0.4, -0.2) is 80.5 Å². The molecule has 1 saturated heterocycles. The van der Waals surface area contributed by atoms with Crippen LogP contribution in [-0.2, 0) is 19.2 Å². The summed E-state index contributed by atoms with van der Waals surface area (Å²) in [6.45, 7) is 14.7. The first kappa shape index (κ1) is 32.5. The van der Waals surface area contributed by atoms with Crippen LogP contribution < -0.4 is 21.7 Å². The van der Waals surface area contributed by atoms with Crippen LogP contribution in [0.3, 0.4) is 0 Å². The van der Waals surface area contributed by atoms with Gasteiger partial charge in [0, 0.05) is 22.5 Å². The number of nitrogens with two attached hydrogens (primary N) is 1. The second kappa shape index (κ2) is 11.2. The maximum absolute atomic E-state index is 14.2. The van der Waals surface area contributed by atoms with Crippen molar-refractivity contribution >= 4 is 45.4 Å². The highest BCUT2D eigenvalue weighted by molar-refractivity contribution is 8.16. The molecule has 5 atom stereocenters. The van der Waals surface area contributed by atoms with Crippen molar-refractivity contribution in [1.29, 1.82) is 0 Å². The van der Waals surface area contributed by atoms with E-state index in [-0.39, 0.29) is 44.0 Å². The van der Waals surface area contributed by atoms with Gasteiger partial charge in [-0.25, -0.2) is 4.79 Å². The number of nitrogens with zero attached hydrogens (tertiary/aromatic N) is 1. The maximum Gasteiger partial charge on any atom is 0.316 e. The quantitative estimate of drug-likeness (QED) is 0.235. The average molecular weight is 606 g/mol.